The lowest BCUT2D eigenvalue weighted by atomic mass is 9.75. The van der Waals surface area contributed by atoms with Crippen LogP contribution in [-0.4, -0.2) is 33.7 Å². The molecule has 0 spiro atoms. The summed E-state index contributed by atoms with van der Waals surface area (Å²) in [6.45, 7) is 10.8. The summed E-state index contributed by atoms with van der Waals surface area (Å²) in [5.74, 6) is -0.938. The zero-order chi connectivity index (χ0) is 23.5. The van der Waals surface area contributed by atoms with Gasteiger partial charge in [-0.3, -0.25) is 0 Å². The number of aromatic carboxylic acids is 1. The van der Waals surface area contributed by atoms with Gasteiger partial charge in [-0.1, -0.05) is 50.2 Å². The quantitative estimate of drug-likeness (QED) is 0.561. The lowest BCUT2D eigenvalue weighted by Crippen LogP contribution is -2.45. The van der Waals surface area contributed by atoms with Gasteiger partial charge in [0, 0.05) is 12.6 Å². The van der Waals surface area contributed by atoms with E-state index in [-0.39, 0.29) is 17.7 Å². The van der Waals surface area contributed by atoms with Gasteiger partial charge in [0.15, 0.2) is 0 Å². The van der Waals surface area contributed by atoms with E-state index in [1.165, 1.54) is 0 Å². The standard InChI is InChI=1S/C27H35NO4/c1-26(2,3)32-25(31)28(23-13-15-27(4,5)16-14-23)18-19-9-11-20(12-10-19)21-7-6-8-22(17-21)24(29)30/h6-12,17,23H,13-16,18H2,1-5H3,(H,29,30). The van der Waals surface area contributed by atoms with Crippen LogP contribution in [0, 0.1) is 5.41 Å². The van der Waals surface area contributed by atoms with E-state index in [2.05, 4.69) is 13.8 Å². The zero-order valence-corrected chi connectivity index (χ0v) is 19.9. The Bertz CT molecular complexity index is 946. The predicted octanol–water partition coefficient (Wildman–Crippen LogP) is 6.76. The Kier molecular flexibility index (Phi) is 6.97. The summed E-state index contributed by atoms with van der Waals surface area (Å²) in [6, 6.07) is 15.1. The van der Waals surface area contributed by atoms with Crippen molar-refractivity contribution in [2.24, 2.45) is 5.41 Å². The van der Waals surface area contributed by atoms with Crippen LogP contribution in [0.2, 0.25) is 0 Å². The van der Waals surface area contributed by atoms with Crippen molar-refractivity contribution in [1.82, 2.24) is 4.90 Å². The average molecular weight is 438 g/mol. The first-order chi connectivity index (χ1) is 14.9. The first-order valence-corrected chi connectivity index (χ1v) is 11.4. The van der Waals surface area contributed by atoms with Crippen LogP contribution in [0.3, 0.4) is 0 Å². The largest absolute Gasteiger partial charge is 0.478 e. The summed E-state index contributed by atoms with van der Waals surface area (Å²) in [5, 5.41) is 9.24. The van der Waals surface area contributed by atoms with Crippen LogP contribution in [0.4, 0.5) is 4.79 Å². The molecule has 0 atom stereocenters. The Hall–Kier alpha value is -2.82. The lowest BCUT2D eigenvalue weighted by Gasteiger charge is -2.40. The van der Waals surface area contributed by atoms with Crippen molar-refractivity contribution in [2.45, 2.75) is 78.5 Å². The number of amides is 1. The van der Waals surface area contributed by atoms with Gasteiger partial charge in [0.05, 0.1) is 5.56 Å². The number of carbonyl (C=O) groups excluding carboxylic acids is 1. The minimum atomic E-state index is -0.938. The molecule has 0 aliphatic heterocycles. The molecule has 0 aromatic heterocycles. The molecule has 0 saturated heterocycles. The van der Waals surface area contributed by atoms with E-state index < -0.39 is 11.6 Å². The Balaban J connectivity index is 1.79. The van der Waals surface area contributed by atoms with Gasteiger partial charge in [-0.05, 0) is 80.7 Å². The molecular formula is C27H35NO4. The number of benzene rings is 2. The van der Waals surface area contributed by atoms with Crippen molar-refractivity contribution in [3.63, 3.8) is 0 Å². The van der Waals surface area contributed by atoms with E-state index in [9.17, 15) is 14.7 Å². The fraction of sp³-hybridized carbons (Fsp3) is 0.481. The van der Waals surface area contributed by atoms with Gasteiger partial charge in [0.2, 0.25) is 0 Å². The summed E-state index contributed by atoms with van der Waals surface area (Å²) in [7, 11) is 0. The Morgan fingerprint density at radius 3 is 2.22 bits per heavy atom. The first kappa shape index (κ1) is 23.8. The number of hydrogen-bond donors (Lipinski definition) is 1. The monoisotopic (exact) mass is 437 g/mol. The molecule has 2 aromatic rings. The number of rotatable bonds is 5. The van der Waals surface area contributed by atoms with Crippen LogP contribution >= 0.6 is 0 Å². The lowest BCUT2D eigenvalue weighted by molar-refractivity contribution is 0.00490. The molecule has 5 heteroatoms. The van der Waals surface area contributed by atoms with Crippen LogP contribution in [0.1, 0.15) is 76.2 Å². The highest BCUT2D eigenvalue weighted by atomic mass is 16.6. The molecule has 0 radical (unpaired) electrons. The summed E-state index contributed by atoms with van der Waals surface area (Å²) in [6.07, 6.45) is 3.88. The van der Waals surface area contributed by atoms with Gasteiger partial charge in [0.1, 0.15) is 5.60 Å². The maximum Gasteiger partial charge on any atom is 0.410 e. The number of ether oxygens (including phenoxy) is 1. The second kappa shape index (κ2) is 9.35. The minimum absolute atomic E-state index is 0.171. The van der Waals surface area contributed by atoms with Crippen molar-refractivity contribution >= 4 is 12.1 Å². The Morgan fingerprint density at radius 2 is 1.66 bits per heavy atom. The molecule has 32 heavy (non-hydrogen) atoms. The van der Waals surface area contributed by atoms with Gasteiger partial charge in [-0.2, -0.15) is 0 Å². The number of carboxylic acids is 1. The fourth-order valence-electron chi connectivity index (χ4n) is 4.19. The van der Waals surface area contributed by atoms with E-state index in [0.717, 1.165) is 42.4 Å². The van der Waals surface area contributed by atoms with Crippen LogP contribution in [-0.2, 0) is 11.3 Å². The molecule has 1 N–H and O–H groups in total. The Labute approximate surface area is 191 Å². The van der Waals surface area contributed by atoms with Crippen molar-refractivity contribution in [2.75, 3.05) is 0 Å². The van der Waals surface area contributed by atoms with Crippen LogP contribution in [0.15, 0.2) is 48.5 Å². The van der Waals surface area contributed by atoms with Crippen molar-refractivity contribution < 1.29 is 19.4 Å². The molecule has 0 heterocycles. The fourth-order valence-corrected chi connectivity index (χ4v) is 4.19. The van der Waals surface area contributed by atoms with Crippen molar-refractivity contribution in [1.29, 1.82) is 0 Å². The smallest absolute Gasteiger partial charge is 0.410 e. The zero-order valence-electron chi connectivity index (χ0n) is 19.9. The molecule has 1 amide bonds. The normalized spacial score (nSPS) is 16.4. The Morgan fingerprint density at radius 1 is 1.03 bits per heavy atom. The number of carbonyl (C=O) groups is 2. The minimum Gasteiger partial charge on any atom is -0.478 e. The van der Waals surface area contributed by atoms with E-state index >= 15 is 0 Å². The molecule has 1 saturated carbocycles. The van der Waals surface area contributed by atoms with Gasteiger partial charge < -0.3 is 14.7 Å². The number of carboxylic acid groups (broad SMARTS) is 1. The summed E-state index contributed by atoms with van der Waals surface area (Å²) >= 11 is 0. The third-order valence-corrected chi connectivity index (χ3v) is 6.13. The van der Waals surface area contributed by atoms with Gasteiger partial charge >= 0.3 is 12.1 Å². The number of hydrogen-bond acceptors (Lipinski definition) is 3. The maximum atomic E-state index is 13.1. The summed E-state index contributed by atoms with van der Waals surface area (Å²) in [5.41, 5.74) is 2.88. The molecule has 3 rings (SSSR count). The number of nitrogens with zero attached hydrogens (tertiary/aromatic N) is 1. The highest BCUT2D eigenvalue weighted by Gasteiger charge is 2.34. The van der Waals surface area contributed by atoms with Crippen LogP contribution in [0.5, 0.6) is 0 Å². The third-order valence-electron chi connectivity index (χ3n) is 6.13. The van der Waals surface area contributed by atoms with E-state index in [1.807, 2.05) is 56.0 Å². The second-order valence-electron chi connectivity index (χ2n) is 10.6. The molecular weight excluding hydrogens is 402 g/mol. The molecule has 172 valence electrons. The molecule has 0 unspecified atom stereocenters. The third kappa shape index (κ3) is 6.35. The molecule has 1 aliphatic carbocycles. The maximum absolute atomic E-state index is 13.1. The SMILES string of the molecule is CC1(C)CCC(N(Cc2ccc(-c3cccc(C(=O)O)c3)cc2)C(=O)OC(C)(C)C)CC1. The average Bonchev–Trinajstić information content (AvgIpc) is 2.71. The highest BCUT2D eigenvalue weighted by molar-refractivity contribution is 5.89. The second-order valence-corrected chi connectivity index (χ2v) is 10.6. The van der Waals surface area contributed by atoms with Gasteiger partial charge in [-0.25, -0.2) is 9.59 Å². The molecule has 2 aromatic carbocycles. The highest BCUT2D eigenvalue weighted by Crippen LogP contribution is 2.37. The van der Waals surface area contributed by atoms with Gasteiger partial charge in [0.25, 0.3) is 0 Å². The van der Waals surface area contributed by atoms with E-state index in [4.69, 9.17) is 4.74 Å². The van der Waals surface area contributed by atoms with Crippen molar-refractivity contribution in [3.8, 4) is 11.1 Å². The van der Waals surface area contributed by atoms with E-state index in [1.54, 1.807) is 18.2 Å². The van der Waals surface area contributed by atoms with E-state index in [0.29, 0.717) is 12.0 Å². The van der Waals surface area contributed by atoms with Crippen LogP contribution in [0.25, 0.3) is 11.1 Å². The summed E-state index contributed by atoms with van der Waals surface area (Å²) < 4.78 is 5.74. The molecule has 5 nitrogen and oxygen atoms in total. The predicted molar refractivity (Wildman–Crippen MR) is 127 cm³/mol. The van der Waals surface area contributed by atoms with Gasteiger partial charge in [-0.15, -0.1) is 0 Å². The van der Waals surface area contributed by atoms with Crippen LogP contribution < -0.4 is 0 Å². The first-order valence-electron chi connectivity index (χ1n) is 11.4. The summed E-state index contributed by atoms with van der Waals surface area (Å²) in [4.78, 5) is 26.2. The molecule has 0 bridgehead atoms. The molecule has 1 aliphatic rings. The molecule has 1 fully saturated rings. The van der Waals surface area contributed by atoms with Crippen molar-refractivity contribution in [3.05, 3.63) is 59.7 Å². The topological polar surface area (TPSA) is 66.8 Å².